The number of rotatable bonds is 2. The van der Waals surface area contributed by atoms with E-state index in [1.54, 1.807) is 0 Å². The van der Waals surface area contributed by atoms with Gasteiger partial charge in [-0.3, -0.25) is 0 Å². The summed E-state index contributed by atoms with van der Waals surface area (Å²) in [5, 5.41) is 10.3. The minimum atomic E-state index is 0.905. The second-order valence-electron chi connectivity index (χ2n) is 12.3. The zero-order chi connectivity index (χ0) is 31.9. The Morgan fingerprint density at radius 2 is 0.915 bits per heavy atom. The van der Waals surface area contributed by atoms with Crippen LogP contribution >= 0.6 is 0 Å². The Bertz CT molecular complexity index is 2590. The van der Waals surface area contributed by atoms with Gasteiger partial charge in [-0.1, -0.05) is 139 Å². The van der Waals surface area contributed by atoms with Gasteiger partial charge in [0, 0.05) is 11.1 Å². The average Bonchev–Trinajstić information content (AvgIpc) is 3.12. The van der Waals surface area contributed by atoms with Gasteiger partial charge in [0.1, 0.15) is 0 Å². The summed E-state index contributed by atoms with van der Waals surface area (Å²) in [7, 11) is 0. The molecule has 2 nitrogen and oxygen atoms in total. The van der Waals surface area contributed by atoms with Gasteiger partial charge in [-0.15, -0.1) is 0 Å². The first-order valence-corrected chi connectivity index (χ1v) is 16.2. The molecule has 0 saturated carbocycles. The molecule has 1 heterocycles. The maximum absolute atomic E-state index is 5.24. The fourth-order valence-corrected chi connectivity index (χ4v) is 7.05. The third-order valence-corrected chi connectivity index (χ3v) is 9.34. The number of nitrogens with zero attached hydrogens (tertiary/aromatic N) is 2. The summed E-state index contributed by atoms with van der Waals surface area (Å²) in [5.74, 6) is 0. The lowest BCUT2D eigenvalue weighted by atomic mass is 9.85. The summed E-state index contributed by atoms with van der Waals surface area (Å²) in [4.78, 5) is 10.4. The molecule has 224 valence electrons. The number of para-hydroxylation sites is 2. The van der Waals surface area contributed by atoms with E-state index in [2.05, 4.69) is 130 Å². The van der Waals surface area contributed by atoms with Gasteiger partial charge in [-0.2, -0.15) is 0 Å². The van der Waals surface area contributed by atoms with Gasteiger partial charge in [-0.05, 0) is 93.2 Å². The van der Waals surface area contributed by atoms with Gasteiger partial charge >= 0.3 is 0 Å². The van der Waals surface area contributed by atoms with E-state index in [-0.39, 0.29) is 0 Å². The number of aryl methyl sites for hydroxylation is 3. The van der Waals surface area contributed by atoms with Crippen LogP contribution in [0.3, 0.4) is 0 Å². The third kappa shape index (κ3) is 4.99. The van der Waals surface area contributed by atoms with E-state index in [1.165, 1.54) is 59.8 Å². The van der Waals surface area contributed by atoms with Crippen molar-refractivity contribution in [2.45, 2.75) is 20.8 Å². The van der Waals surface area contributed by atoms with Gasteiger partial charge in [0.05, 0.1) is 22.4 Å². The molecule has 0 aliphatic carbocycles. The molecular weight excluding hydrogens is 569 g/mol. The fraction of sp³-hybridized carbons (Fsp3) is 0.0667. The van der Waals surface area contributed by atoms with Crippen LogP contribution in [0.4, 0.5) is 0 Å². The van der Waals surface area contributed by atoms with Crippen LogP contribution < -0.4 is 0 Å². The summed E-state index contributed by atoms with van der Waals surface area (Å²) in [6.07, 6.45) is 0. The fourth-order valence-electron chi connectivity index (χ4n) is 7.05. The predicted molar refractivity (Wildman–Crippen MR) is 201 cm³/mol. The number of hydrogen-bond donors (Lipinski definition) is 0. The highest BCUT2D eigenvalue weighted by Crippen LogP contribution is 2.44. The molecule has 0 radical (unpaired) electrons. The van der Waals surface area contributed by atoms with Crippen molar-refractivity contribution in [3.8, 4) is 22.5 Å². The van der Waals surface area contributed by atoms with E-state index in [9.17, 15) is 0 Å². The smallest absolute Gasteiger partial charge is 0.0975 e. The van der Waals surface area contributed by atoms with E-state index in [1.807, 2.05) is 42.5 Å². The molecule has 8 aromatic carbocycles. The minimum Gasteiger partial charge on any atom is -0.244 e. The molecule has 1 aromatic heterocycles. The highest BCUT2D eigenvalue weighted by Gasteiger charge is 2.20. The van der Waals surface area contributed by atoms with Crippen molar-refractivity contribution in [2.24, 2.45) is 0 Å². The summed E-state index contributed by atoms with van der Waals surface area (Å²) >= 11 is 0. The molecule has 0 amide bonds. The highest BCUT2D eigenvalue weighted by atomic mass is 14.8. The molecule has 0 atom stereocenters. The van der Waals surface area contributed by atoms with Crippen LogP contribution in [0.15, 0.2) is 152 Å². The van der Waals surface area contributed by atoms with Crippen molar-refractivity contribution in [2.75, 3.05) is 0 Å². The van der Waals surface area contributed by atoms with Gasteiger partial charge in [-0.25, -0.2) is 9.97 Å². The maximum Gasteiger partial charge on any atom is 0.0975 e. The third-order valence-electron chi connectivity index (χ3n) is 9.34. The summed E-state index contributed by atoms with van der Waals surface area (Å²) < 4.78 is 0. The molecule has 9 aromatic rings. The lowest BCUT2D eigenvalue weighted by Gasteiger charge is -2.19. The van der Waals surface area contributed by atoms with Crippen LogP contribution in [-0.4, -0.2) is 9.97 Å². The standard InChI is InChI=1S/C38H26N2.C7H8/c1-23-27-15-7-6-14-26(27)22-32-30-17-9-8-16-29(30)31-21-20-28(24(2)35(31)36(23)32)38-37(25-12-4-3-5-13-25)39-33-18-10-11-19-34(33)40-38;1-7-5-3-2-4-6-7/h3-22H,1-2H3;2-6H,1H3. The van der Waals surface area contributed by atoms with Gasteiger partial charge in [0.15, 0.2) is 0 Å². The first kappa shape index (κ1) is 28.6. The van der Waals surface area contributed by atoms with Crippen LogP contribution in [0.2, 0.25) is 0 Å². The molecule has 9 rings (SSSR count). The maximum atomic E-state index is 5.24. The lowest BCUT2D eigenvalue weighted by molar-refractivity contribution is 1.28. The van der Waals surface area contributed by atoms with Crippen LogP contribution in [0.25, 0.3) is 76.6 Å². The zero-order valence-electron chi connectivity index (χ0n) is 26.8. The first-order chi connectivity index (χ1) is 23.1. The molecule has 0 saturated heterocycles. The Morgan fingerprint density at radius 3 is 1.57 bits per heavy atom. The summed E-state index contributed by atoms with van der Waals surface area (Å²) in [6.45, 7) is 6.61. The quantitative estimate of drug-likeness (QED) is 0.145. The van der Waals surface area contributed by atoms with E-state index in [0.717, 1.165) is 33.5 Å². The molecular formula is C45H34N2. The predicted octanol–water partition coefficient (Wildman–Crippen LogP) is 12.2. The van der Waals surface area contributed by atoms with Crippen molar-refractivity contribution in [3.05, 3.63) is 168 Å². The number of fused-ring (bicyclic) bond motifs is 8. The van der Waals surface area contributed by atoms with Gasteiger partial charge in [0.2, 0.25) is 0 Å². The molecule has 47 heavy (non-hydrogen) atoms. The largest absolute Gasteiger partial charge is 0.244 e. The zero-order valence-corrected chi connectivity index (χ0v) is 26.8. The number of aromatic nitrogens is 2. The highest BCUT2D eigenvalue weighted by molar-refractivity contribution is 6.29. The number of benzene rings is 8. The molecule has 0 unspecified atom stereocenters. The van der Waals surface area contributed by atoms with Crippen LogP contribution in [-0.2, 0) is 0 Å². The van der Waals surface area contributed by atoms with Gasteiger partial charge < -0.3 is 0 Å². The van der Waals surface area contributed by atoms with Crippen molar-refractivity contribution < 1.29 is 0 Å². The van der Waals surface area contributed by atoms with Crippen molar-refractivity contribution in [1.29, 1.82) is 0 Å². The van der Waals surface area contributed by atoms with Crippen molar-refractivity contribution in [3.63, 3.8) is 0 Å². The van der Waals surface area contributed by atoms with Crippen LogP contribution in [0.5, 0.6) is 0 Å². The first-order valence-electron chi connectivity index (χ1n) is 16.2. The van der Waals surface area contributed by atoms with E-state index in [4.69, 9.17) is 9.97 Å². The van der Waals surface area contributed by atoms with Gasteiger partial charge in [0.25, 0.3) is 0 Å². The van der Waals surface area contributed by atoms with Crippen LogP contribution in [0.1, 0.15) is 16.7 Å². The average molecular weight is 603 g/mol. The SMILES string of the molecule is Cc1c(-c2nc3ccccc3nc2-c2ccccc2)ccc2c3ccccc3c3cc4ccccc4c(C)c3c12.Cc1ccccc1. The molecule has 0 aliphatic rings. The normalized spacial score (nSPS) is 11.3. The molecule has 0 N–H and O–H groups in total. The molecule has 2 heteroatoms. The minimum absolute atomic E-state index is 0.905. The van der Waals surface area contributed by atoms with E-state index < -0.39 is 0 Å². The van der Waals surface area contributed by atoms with Crippen molar-refractivity contribution in [1.82, 2.24) is 9.97 Å². The molecule has 0 fully saturated rings. The second kappa shape index (κ2) is 11.8. The Hall–Kier alpha value is -5.86. The molecule has 0 aliphatic heterocycles. The molecule has 0 bridgehead atoms. The van der Waals surface area contributed by atoms with Crippen LogP contribution in [0, 0.1) is 20.8 Å². The Kier molecular flexibility index (Phi) is 7.19. The summed E-state index contributed by atoms with van der Waals surface area (Å²) in [5.41, 5.74) is 9.70. The number of hydrogen-bond acceptors (Lipinski definition) is 2. The lowest BCUT2D eigenvalue weighted by Crippen LogP contribution is -1.98. The van der Waals surface area contributed by atoms with Crippen molar-refractivity contribution >= 4 is 54.1 Å². The topological polar surface area (TPSA) is 25.8 Å². The Morgan fingerprint density at radius 1 is 0.383 bits per heavy atom. The summed E-state index contributed by atoms with van der Waals surface area (Å²) in [6, 6.07) is 53.3. The second-order valence-corrected chi connectivity index (χ2v) is 12.3. The Balaban J connectivity index is 0.000000413. The van der Waals surface area contributed by atoms with E-state index >= 15 is 0 Å². The molecule has 0 spiro atoms. The van der Waals surface area contributed by atoms with E-state index in [0.29, 0.717) is 0 Å². The Labute approximate surface area is 275 Å². The monoisotopic (exact) mass is 602 g/mol.